The van der Waals surface area contributed by atoms with Gasteiger partial charge in [0.1, 0.15) is 5.75 Å². The number of rotatable bonds is 12. The number of aryl methyl sites for hydroxylation is 2. The van der Waals surface area contributed by atoms with E-state index in [1.165, 1.54) is 12.1 Å². The second kappa shape index (κ2) is 12.2. The molecule has 3 rings (SSSR count). The predicted molar refractivity (Wildman–Crippen MR) is 133 cm³/mol. The van der Waals surface area contributed by atoms with Crippen LogP contribution in [0, 0.1) is 24.0 Å². The zero-order valence-electron chi connectivity index (χ0n) is 19.6. The molecule has 0 atom stereocenters. The summed E-state index contributed by atoms with van der Waals surface area (Å²) < 4.78 is 17.6. The first-order chi connectivity index (χ1) is 16.5. The highest BCUT2D eigenvalue weighted by Gasteiger charge is 2.07. The number of nitro benzene ring substituents is 1. The van der Waals surface area contributed by atoms with E-state index in [0.29, 0.717) is 37.0 Å². The Labute approximate surface area is 199 Å². The van der Waals surface area contributed by atoms with Gasteiger partial charge in [-0.25, -0.2) is 0 Å². The summed E-state index contributed by atoms with van der Waals surface area (Å²) >= 11 is 0. The summed E-state index contributed by atoms with van der Waals surface area (Å²) in [5.74, 6) is 2.23. The molecular formula is C26H29N3O5. The van der Waals surface area contributed by atoms with Crippen LogP contribution < -0.4 is 19.6 Å². The van der Waals surface area contributed by atoms with Crippen molar-refractivity contribution in [3.63, 3.8) is 0 Å². The lowest BCUT2D eigenvalue weighted by molar-refractivity contribution is -0.384. The lowest BCUT2D eigenvalue weighted by atomic mass is 10.1. The van der Waals surface area contributed by atoms with Gasteiger partial charge in [0.2, 0.25) is 0 Å². The van der Waals surface area contributed by atoms with Gasteiger partial charge in [0.25, 0.3) is 5.69 Å². The van der Waals surface area contributed by atoms with Crippen LogP contribution in [-0.2, 0) is 0 Å². The molecule has 0 heterocycles. The molecule has 1 N–H and O–H groups in total. The van der Waals surface area contributed by atoms with Crippen LogP contribution >= 0.6 is 0 Å². The Balaban J connectivity index is 1.52. The lowest BCUT2D eigenvalue weighted by Crippen LogP contribution is -2.07. The quantitative estimate of drug-likeness (QED) is 0.155. The topological polar surface area (TPSA) is 95.2 Å². The minimum absolute atomic E-state index is 0.0309. The van der Waals surface area contributed by atoms with Crippen LogP contribution in [0.15, 0.2) is 65.8 Å². The molecule has 178 valence electrons. The molecule has 0 aliphatic carbocycles. The highest BCUT2D eigenvalue weighted by molar-refractivity contribution is 5.81. The maximum Gasteiger partial charge on any atom is 0.269 e. The third-order valence-electron chi connectivity index (χ3n) is 4.95. The second-order valence-corrected chi connectivity index (χ2v) is 7.58. The number of nitrogens with zero attached hydrogens (tertiary/aromatic N) is 2. The fourth-order valence-electron chi connectivity index (χ4n) is 3.27. The molecule has 3 aromatic rings. The average Bonchev–Trinajstić information content (AvgIpc) is 2.82. The number of nitro groups is 1. The molecule has 0 fully saturated rings. The number of benzene rings is 3. The van der Waals surface area contributed by atoms with Crippen molar-refractivity contribution in [3.8, 4) is 17.2 Å². The Morgan fingerprint density at radius 3 is 2.32 bits per heavy atom. The van der Waals surface area contributed by atoms with Crippen LogP contribution in [0.4, 0.5) is 11.4 Å². The van der Waals surface area contributed by atoms with Gasteiger partial charge in [0, 0.05) is 18.6 Å². The Hall–Kier alpha value is -4.07. The summed E-state index contributed by atoms with van der Waals surface area (Å²) in [6.07, 6.45) is 2.38. The standard InChI is InChI=1S/C26H29N3O5/c1-4-32-25-17-21(18-27-28-22-10-12-23(13-11-22)29(30)31)9-14-24(25)33-15-6-16-34-26-19(2)7-5-8-20(26)3/h5,7-14,17-18,28H,4,6,15-16H2,1-3H3. The van der Waals surface area contributed by atoms with E-state index in [4.69, 9.17) is 14.2 Å². The monoisotopic (exact) mass is 463 g/mol. The molecule has 0 saturated heterocycles. The van der Waals surface area contributed by atoms with Crippen molar-refractivity contribution in [3.05, 3.63) is 87.5 Å². The second-order valence-electron chi connectivity index (χ2n) is 7.58. The van der Waals surface area contributed by atoms with E-state index in [9.17, 15) is 10.1 Å². The van der Waals surface area contributed by atoms with Gasteiger partial charge in [0.15, 0.2) is 11.5 Å². The van der Waals surface area contributed by atoms with E-state index in [2.05, 4.69) is 10.5 Å². The van der Waals surface area contributed by atoms with Gasteiger partial charge in [0.05, 0.1) is 36.6 Å². The number of hydrogen-bond acceptors (Lipinski definition) is 7. The van der Waals surface area contributed by atoms with Crippen LogP contribution in [0.1, 0.15) is 30.0 Å². The van der Waals surface area contributed by atoms with E-state index >= 15 is 0 Å². The summed E-state index contributed by atoms with van der Waals surface area (Å²) in [6.45, 7) is 7.57. The van der Waals surface area contributed by atoms with Gasteiger partial charge in [-0.2, -0.15) is 5.10 Å². The van der Waals surface area contributed by atoms with Crippen molar-refractivity contribution in [2.75, 3.05) is 25.2 Å². The van der Waals surface area contributed by atoms with Crippen LogP contribution in [0.2, 0.25) is 0 Å². The maximum atomic E-state index is 10.7. The molecule has 0 aliphatic rings. The Morgan fingerprint density at radius 1 is 0.941 bits per heavy atom. The number of para-hydroxylation sites is 1. The zero-order valence-corrected chi connectivity index (χ0v) is 19.6. The van der Waals surface area contributed by atoms with Crippen LogP contribution in [0.5, 0.6) is 17.2 Å². The average molecular weight is 464 g/mol. The van der Waals surface area contributed by atoms with Gasteiger partial charge < -0.3 is 14.2 Å². The van der Waals surface area contributed by atoms with E-state index in [0.717, 1.165) is 28.9 Å². The zero-order chi connectivity index (χ0) is 24.3. The minimum Gasteiger partial charge on any atom is -0.493 e. The fourth-order valence-corrected chi connectivity index (χ4v) is 3.27. The van der Waals surface area contributed by atoms with Gasteiger partial charge >= 0.3 is 0 Å². The third-order valence-corrected chi connectivity index (χ3v) is 4.95. The van der Waals surface area contributed by atoms with Crippen LogP contribution in [0.3, 0.4) is 0 Å². The highest BCUT2D eigenvalue weighted by Crippen LogP contribution is 2.28. The summed E-state index contributed by atoms with van der Waals surface area (Å²) in [5, 5.41) is 14.9. The highest BCUT2D eigenvalue weighted by atomic mass is 16.6. The summed E-state index contributed by atoms with van der Waals surface area (Å²) in [4.78, 5) is 10.3. The Morgan fingerprint density at radius 2 is 1.65 bits per heavy atom. The Kier molecular flexibility index (Phi) is 8.85. The van der Waals surface area contributed by atoms with Crippen molar-refractivity contribution in [1.82, 2.24) is 0 Å². The number of hydrogen-bond donors (Lipinski definition) is 1. The smallest absolute Gasteiger partial charge is 0.269 e. The molecule has 8 heteroatoms. The number of anilines is 1. The van der Waals surface area contributed by atoms with E-state index < -0.39 is 4.92 Å². The lowest BCUT2D eigenvalue weighted by Gasteiger charge is -2.14. The molecule has 0 spiro atoms. The molecule has 0 radical (unpaired) electrons. The summed E-state index contributed by atoms with van der Waals surface area (Å²) in [6, 6.07) is 17.7. The number of non-ortho nitro benzene ring substituents is 1. The van der Waals surface area contributed by atoms with Crippen molar-refractivity contribution < 1.29 is 19.1 Å². The van der Waals surface area contributed by atoms with Gasteiger partial charge in [-0.15, -0.1) is 0 Å². The molecule has 34 heavy (non-hydrogen) atoms. The number of ether oxygens (including phenoxy) is 3. The molecule has 0 bridgehead atoms. The van der Waals surface area contributed by atoms with Gasteiger partial charge in [-0.05, 0) is 67.8 Å². The Bertz CT molecular complexity index is 1110. The van der Waals surface area contributed by atoms with Crippen molar-refractivity contribution >= 4 is 17.6 Å². The molecule has 0 aromatic heterocycles. The predicted octanol–water partition coefficient (Wildman–Crippen LogP) is 5.90. The number of nitrogens with one attached hydrogen (secondary N) is 1. The molecule has 0 aliphatic heterocycles. The van der Waals surface area contributed by atoms with Gasteiger partial charge in [-0.3, -0.25) is 15.5 Å². The van der Waals surface area contributed by atoms with E-state index in [1.54, 1.807) is 18.3 Å². The molecule has 0 amide bonds. The van der Waals surface area contributed by atoms with Crippen molar-refractivity contribution in [2.45, 2.75) is 27.2 Å². The fraction of sp³-hybridized carbons (Fsp3) is 0.269. The van der Waals surface area contributed by atoms with E-state index in [-0.39, 0.29) is 5.69 Å². The van der Waals surface area contributed by atoms with Gasteiger partial charge in [-0.1, -0.05) is 18.2 Å². The molecule has 0 unspecified atom stereocenters. The normalized spacial score (nSPS) is 10.8. The molecule has 0 saturated carbocycles. The third kappa shape index (κ3) is 6.96. The SMILES string of the molecule is CCOc1cc(C=NNc2ccc([N+](=O)[O-])cc2)ccc1OCCCOc1c(C)cccc1C. The van der Waals surface area contributed by atoms with Crippen LogP contribution in [0.25, 0.3) is 0 Å². The molecular weight excluding hydrogens is 434 g/mol. The van der Waals surface area contributed by atoms with Crippen LogP contribution in [-0.4, -0.2) is 31.0 Å². The largest absolute Gasteiger partial charge is 0.493 e. The summed E-state index contributed by atoms with van der Waals surface area (Å²) in [5.41, 5.74) is 6.61. The first kappa shape index (κ1) is 24.6. The van der Waals surface area contributed by atoms with Crippen molar-refractivity contribution in [1.29, 1.82) is 0 Å². The molecule has 8 nitrogen and oxygen atoms in total. The minimum atomic E-state index is -0.440. The molecule has 3 aromatic carbocycles. The van der Waals surface area contributed by atoms with E-state index in [1.807, 2.05) is 57.2 Å². The maximum absolute atomic E-state index is 10.7. The summed E-state index contributed by atoms with van der Waals surface area (Å²) in [7, 11) is 0. The first-order valence-corrected chi connectivity index (χ1v) is 11.1. The number of hydrazone groups is 1. The van der Waals surface area contributed by atoms with Crippen molar-refractivity contribution in [2.24, 2.45) is 5.10 Å². The first-order valence-electron chi connectivity index (χ1n) is 11.1.